The van der Waals surface area contributed by atoms with Crippen molar-refractivity contribution in [2.45, 2.75) is 44.0 Å². The lowest BCUT2D eigenvalue weighted by Crippen LogP contribution is -2.25. The number of hydrogen-bond acceptors (Lipinski definition) is 6. The number of nitrogens with one attached hydrogen (secondary N) is 1. The molecule has 0 saturated carbocycles. The largest absolute Gasteiger partial charge is 0.376 e. The Kier molecular flexibility index (Phi) is 4.77. The zero-order valence-electron chi connectivity index (χ0n) is 11.9. The van der Waals surface area contributed by atoms with Gasteiger partial charge in [-0.15, -0.1) is 16.4 Å². The van der Waals surface area contributed by atoms with E-state index in [0.717, 1.165) is 42.5 Å². The van der Waals surface area contributed by atoms with Crippen molar-refractivity contribution in [3.8, 4) is 0 Å². The number of aryl methyl sites for hydroxylation is 2. The molecule has 1 aliphatic rings. The van der Waals surface area contributed by atoms with Gasteiger partial charge < -0.3 is 4.74 Å². The van der Waals surface area contributed by atoms with Crippen molar-refractivity contribution in [1.82, 2.24) is 19.7 Å². The minimum atomic E-state index is -0.151. The normalized spacial score (nSPS) is 18.4. The van der Waals surface area contributed by atoms with E-state index in [1.54, 1.807) is 27.7 Å². The van der Waals surface area contributed by atoms with Crippen LogP contribution in [0.1, 0.15) is 23.4 Å². The fourth-order valence-corrected chi connectivity index (χ4v) is 4.19. The van der Waals surface area contributed by atoms with Crippen molar-refractivity contribution < 1.29 is 4.74 Å². The smallest absolute Gasteiger partial charge is 0.344 e. The molecule has 0 unspecified atom stereocenters. The van der Waals surface area contributed by atoms with Gasteiger partial charge in [0.2, 0.25) is 0 Å². The molecule has 0 amide bonds. The van der Waals surface area contributed by atoms with E-state index >= 15 is 0 Å². The maximum Gasteiger partial charge on any atom is 0.344 e. The third kappa shape index (κ3) is 3.56. The number of ether oxygens (including phenoxy) is 1. The minimum Gasteiger partial charge on any atom is -0.376 e. The zero-order valence-corrected chi connectivity index (χ0v) is 13.5. The van der Waals surface area contributed by atoms with Crippen LogP contribution in [0.5, 0.6) is 0 Å². The van der Waals surface area contributed by atoms with Gasteiger partial charge in [-0.1, -0.05) is 11.8 Å². The molecule has 0 spiro atoms. The molecule has 1 saturated heterocycles. The topological polar surface area (TPSA) is 72.8 Å². The third-order valence-corrected chi connectivity index (χ3v) is 5.51. The van der Waals surface area contributed by atoms with Crippen LogP contribution in [0.25, 0.3) is 0 Å². The highest BCUT2D eigenvalue weighted by atomic mass is 32.2. The van der Waals surface area contributed by atoms with Crippen LogP contribution in [-0.4, -0.2) is 38.2 Å². The van der Waals surface area contributed by atoms with Gasteiger partial charge in [0.15, 0.2) is 5.16 Å². The monoisotopic (exact) mass is 326 g/mol. The second-order valence-corrected chi connectivity index (χ2v) is 7.02. The van der Waals surface area contributed by atoms with E-state index in [4.69, 9.17) is 4.74 Å². The van der Waals surface area contributed by atoms with E-state index in [1.165, 1.54) is 4.88 Å². The molecule has 2 aromatic heterocycles. The lowest BCUT2D eigenvalue weighted by Gasteiger charge is -2.10. The highest BCUT2D eigenvalue weighted by Gasteiger charge is 2.19. The molecule has 6 nitrogen and oxygen atoms in total. The molecule has 8 heteroatoms. The first kappa shape index (κ1) is 14.8. The Bertz CT molecular complexity index is 643. The van der Waals surface area contributed by atoms with Gasteiger partial charge in [0.05, 0.1) is 23.9 Å². The molecular formula is C13H18N4O2S2. The second-order valence-electron chi connectivity index (χ2n) is 5.02. The molecule has 3 heterocycles. The van der Waals surface area contributed by atoms with Crippen LogP contribution in [0, 0.1) is 6.92 Å². The summed E-state index contributed by atoms with van der Waals surface area (Å²) < 4.78 is 7.29. The standard InChI is InChI=1S/C13H18N4O2S2/c1-9-11(21-8-14-9)4-6-20-13-16-15-12(18)17(13)7-10-3-2-5-19-10/h8,10H,2-7H2,1H3,(H,15,18)/t10-/m0/s1. The first-order chi connectivity index (χ1) is 10.2. The Balaban J connectivity index is 1.60. The predicted octanol–water partition coefficient (Wildman–Crippen LogP) is 1.85. The highest BCUT2D eigenvalue weighted by molar-refractivity contribution is 7.99. The molecule has 114 valence electrons. The van der Waals surface area contributed by atoms with Crippen LogP contribution in [0.3, 0.4) is 0 Å². The summed E-state index contributed by atoms with van der Waals surface area (Å²) in [5.74, 6) is 0.888. The Morgan fingerprint density at radius 1 is 1.62 bits per heavy atom. The first-order valence-electron chi connectivity index (χ1n) is 7.02. The van der Waals surface area contributed by atoms with E-state index in [1.807, 2.05) is 12.4 Å². The second kappa shape index (κ2) is 6.76. The molecule has 3 rings (SSSR count). The number of aromatic amines is 1. The summed E-state index contributed by atoms with van der Waals surface area (Å²) in [7, 11) is 0. The number of thioether (sulfide) groups is 1. The van der Waals surface area contributed by atoms with Gasteiger partial charge in [0.25, 0.3) is 0 Å². The molecule has 2 aromatic rings. The van der Waals surface area contributed by atoms with Crippen LogP contribution in [0.4, 0.5) is 0 Å². The number of thiazole rings is 1. The summed E-state index contributed by atoms with van der Waals surface area (Å²) in [6.07, 6.45) is 3.18. The summed E-state index contributed by atoms with van der Waals surface area (Å²) in [6.45, 7) is 3.42. The van der Waals surface area contributed by atoms with E-state index in [0.29, 0.717) is 6.54 Å². The minimum absolute atomic E-state index is 0.142. The Morgan fingerprint density at radius 3 is 3.24 bits per heavy atom. The molecule has 1 atom stereocenters. The first-order valence-corrected chi connectivity index (χ1v) is 8.89. The molecule has 0 aliphatic carbocycles. The van der Waals surface area contributed by atoms with Crippen LogP contribution in [0.15, 0.2) is 15.5 Å². The van der Waals surface area contributed by atoms with Gasteiger partial charge in [0, 0.05) is 17.2 Å². The summed E-state index contributed by atoms with van der Waals surface area (Å²) >= 11 is 3.28. The van der Waals surface area contributed by atoms with Crippen molar-refractivity contribution in [3.63, 3.8) is 0 Å². The van der Waals surface area contributed by atoms with Gasteiger partial charge in [-0.25, -0.2) is 14.9 Å². The SMILES string of the molecule is Cc1ncsc1CCSc1n[nH]c(=O)n1C[C@@H]1CCCO1. The number of aromatic nitrogens is 4. The summed E-state index contributed by atoms with van der Waals surface area (Å²) in [5, 5.41) is 7.41. The molecule has 0 aromatic carbocycles. The fraction of sp³-hybridized carbons (Fsp3) is 0.615. The molecule has 1 fully saturated rings. The van der Waals surface area contributed by atoms with Crippen LogP contribution >= 0.6 is 23.1 Å². The summed E-state index contributed by atoms with van der Waals surface area (Å²) in [6, 6.07) is 0. The average molecular weight is 326 g/mol. The van der Waals surface area contributed by atoms with Crippen molar-refractivity contribution >= 4 is 23.1 Å². The molecule has 1 N–H and O–H groups in total. The molecule has 1 aliphatic heterocycles. The predicted molar refractivity (Wildman–Crippen MR) is 83.1 cm³/mol. The van der Waals surface area contributed by atoms with Crippen molar-refractivity contribution in [3.05, 3.63) is 26.6 Å². The van der Waals surface area contributed by atoms with E-state index < -0.39 is 0 Å². The molecule has 21 heavy (non-hydrogen) atoms. The fourth-order valence-electron chi connectivity index (χ4n) is 2.37. The Hall–Kier alpha value is -1.12. The lowest BCUT2D eigenvalue weighted by atomic mass is 10.2. The quantitative estimate of drug-likeness (QED) is 0.820. The van der Waals surface area contributed by atoms with E-state index in [-0.39, 0.29) is 11.8 Å². The van der Waals surface area contributed by atoms with E-state index in [2.05, 4.69) is 15.2 Å². The van der Waals surface area contributed by atoms with Gasteiger partial charge >= 0.3 is 5.69 Å². The van der Waals surface area contributed by atoms with Crippen LogP contribution in [0.2, 0.25) is 0 Å². The Labute approximate surface area is 130 Å². The van der Waals surface area contributed by atoms with Crippen molar-refractivity contribution in [2.75, 3.05) is 12.4 Å². The van der Waals surface area contributed by atoms with Crippen LogP contribution < -0.4 is 5.69 Å². The maximum atomic E-state index is 11.8. The number of hydrogen-bond donors (Lipinski definition) is 1. The number of H-pyrrole nitrogens is 1. The number of nitrogens with zero attached hydrogens (tertiary/aromatic N) is 3. The Morgan fingerprint density at radius 2 is 2.52 bits per heavy atom. The molecule has 0 radical (unpaired) electrons. The van der Waals surface area contributed by atoms with Gasteiger partial charge in [0.1, 0.15) is 0 Å². The molecular weight excluding hydrogens is 308 g/mol. The van der Waals surface area contributed by atoms with Crippen molar-refractivity contribution in [2.24, 2.45) is 0 Å². The average Bonchev–Trinajstić information content (AvgIpc) is 3.18. The van der Waals surface area contributed by atoms with Crippen LogP contribution in [-0.2, 0) is 17.7 Å². The highest BCUT2D eigenvalue weighted by Crippen LogP contribution is 2.21. The maximum absolute atomic E-state index is 11.8. The van der Waals surface area contributed by atoms with Gasteiger partial charge in [-0.2, -0.15) is 0 Å². The van der Waals surface area contributed by atoms with Gasteiger partial charge in [-0.05, 0) is 26.2 Å². The number of rotatable bonds is 6. The molecule has 0 bridgehead atoms. The van der Waals surface area contributed by atoms with Crippen molar-refractivity contribution in [1.29, 1.82) is 0 Å². The summed E-state index contributed by atoms with van der Waals surface area (Å²) in [5.41, 5.74) is 2.82. The van der Waals surface area contributed by atoms with Gasteiger partial charge in [-0.3, -0.25) is 4.57 Å². The zero-order chi connectivity index (χ0) is 14.7. The third-order valence-electron chi connectivity index (χ3n) is 3.54. The lowest BCUT2D eigenvalue weighted by molar-refractivity contribution is 0.0941. The van der Waals surface area contributed by atoms with E-state index in [9.17, 15) is 4.79 Å². The summed E-state index contributed by atoms with van der Waals surface area (Å²) in [4.78, 5) is 17.4.